The van der Waals surface area contributed by atoms with Crippen molar-refractivity contribution in [1.82, 2.24) is 4.72 Å². The smallest absolute Gasteiger partial charge is 0.250 e. The summed E-state index contributed by atoms with van der Waals surface area (Å²) < 4.78 is 32.4. The SMILES string of the molecule is C[C@@](O)(CNS(=O)(=O)c1cccs1)c1cc2ccccc2o1. The molecule has 0 aliphatic heterocycles. The fourth-order valence-electron chi connectivity index (χ4n) is 2.06. The van der Waals surface area contributed by atoms with Gasteiger partial charge >= 0.3 is 0 Å². The first-order chi connectivity index (χ1) is 10.4. The number of aliphatic hydroxyl groups is 1. The van der Waals surface area contributed by atoms with Crippen LogP contribution in [0.15, 0.2) is 56.5 Å². The molecule has 22 heavy (non-hydrogen) atoms. The molecule has 0 fully saturated rings. The van der Waals surface area contributed by atoms with E-state index in [0.717, 1.165) is 16.7 Å². The number of hydrogen-bond acceptors (Lipinski definition) is 5. The molecule has 7 heteroatoms. The van der Waals surface area contributed by atoms with Crippen LogP contribution in [0.3, 0.4) is 0 Å². The van der Waals surface area contributed by atoms with Gasteiger partial charge in [-0.15, -0.1) is 11.3 Å². The molecule has 0 amide bonds. The van der Waals surface area contributed by atoms with E-state index in [-0.39, 0.29) is 10.8 Å². The van der Waals surface area contributed by atoms with E-state index in [1.54, 1.807) is 23.6 Å². The predicted molar refractivity (Wildman–Crippen MR) is 85.3 cm³/mol. The Morgan fingerprint density at radius 2 is 2.05 bits per heavy atom. The first-order valence-electron chi connectivity index (χ1n) is 6.63. The number of hydrogen-bond donors (Lipinski definition) is 2. The van der Waals surface area contributed by atoms with Gasteiger partial charge in [-0.25, -0.2) is 13.1 Å². The van der Waals surface area contributed by atoms with Crippen molar-refractivity contribution in [3.05, 3.63) is 53.6 Å². The fourth-order valence-corrected chi connectivity index (χ4v) is 4.23. The molecule has 0 radical (unpaired) electrons. The number of para-hydroxylation sites is 1. The third kappa shape index (κ3) is 2.93. The van der Waals surface area contributed by atoms with Gasteiger partial charge in [0.2, 0.25) is 10.0 Å². The van der Waals surface area contributed by atoms with Crippen molar-refractivity contribution >= 4 is 32.3 Å². The highest BCUT2D eigenvalue weighted by Crippen LogP contribution is 2.28. The van der Waals surface area contributed by atoms with Crippen LogP contribution in [0.25, 0.3) is 11.0 Å². The number of rotatable bonds is 5. The summed E-state index contributed by atoms with van der Waals surface area (Å²) in [5, 5.41) is 13.1. The minimum absolute atomic E-state index is 0.174. The lowest BCUT2D eigenvalue weighted by atomic mass is 10.0. The number of benzene rings is 1. The Balaban J connectivity index is 1.81. The van der Waals surface area contributed by atoms with Crippen LogP contribution in [0, 0.1) is 0 Å². The van der Waals surface area contributed by atoms with Gasteiger partial charge in [0.25, 0.3) is 0 Å². The largest absolute Gasteiger partial charge is 0.458 e. The summed E-state index contributed by atoms with van der Waals surface area (Å²) >= 11 is 1.12. The van der Waals surface area contributed by atoms with E-state index in [4.69, 9.17) is 4.42 Å². The van der Waals surface area contributed by atoms with Gasteiger partial charge in [0.05, 0.1) is 0 Å². The molecule has 116 valence electrons. The van der Waals surface area contributed by atoms with Crippen LogP contribution < -0.4 is 4.72 Å². The molecule has 5 nitrogen and oxygen atoms in total. The van der Waals surface area contributed by atoms with Crippen molar-refractivity contribution in [3.63, 3.8) is 0 Å². The average molecular weight is 337 g/mol. The van der Waals surface area contributed by atoms with Crippen molar-refractivity contribution in [1.29, 1.82) is 0 Å². The molecule has 2 heterocycles. The van der Waals surface area contributed by atoms with E-state index < -0.39 is 15.6 Å². The van der Waals surface area contributed by atoms with E-state index in [1.165, 1.54) is 13.0 Å². The van der Waals surface area contributed by atoms with Crippen LogP contribution in [0.4, 0.5) is 0 Å². The highest BCUT2D eigenvalue weighted by Gasteiger charge is 2.30. The summed E-state index contributed by atoms with van der Waals surface area (Å²) in [4.78, 5) is 0. The third-order valence-corrected chi connectivity index (χ3v) is 6.12. The van der Waals surface area contributed by atoms with Crippen molar-refractivity contribution in [2.24, 2.45) is 0 Å². The van der Waals surface area contributed by atoms with E-state index in [1.807, 2.05) is 18.2 Å². The highest BCUT2D eigenvalue weighted by atomic mass is 32.2. The summed E-state index contributed by atoms with van der Waals surface area (Å²) in [6.45, 7) is 1.34. The Morgan fingerprint density at radius 3 is 2.73 bits per heavy atom. The minimum atomic E-state index is -3.62. The molecule has 3 aromatic rings. The summed E-state index contributed by atoms with van der Waals surface area (Å²) in [6, 6.07) is 12.3. The Kier molecular flexibility index (Phi) is 3.82. The van der Waals surface area contributed by atoms with Crippen LogP contribution >= 0.6 is 11.3 Å². The molecular formula is C15H15NO4S2. The Labute approximate surface area is 132 Å². The Hall–Kier alpha value is -1.67. The van der Waals surface area contributed by atoms with Crippen LogP contribution in [-0.2, 0) is 15.6 Å². The lowest BCUT2D eigenvalue weighted by Gasteiger charge is -2.20. The van der Waals surface area contributed by atoms with E-state index in [9.17, 15) is 13.5 Å². The zero-order chi connectivity index (χ0) is 15.8. The van der Waals surface area contributed by atoms with Gasteiger partial charge in [-0.05, 0) is 30.5 Å². The maximum atomic E-state index is 12.1. The topological polar surface area (TPSA) is 79.5 Å². The van der Waals surface area contributed by atoms with Crippen LogP contribution in [-0.4, -0.2) is 20.1 Å². The first-order valence-corrected chi connectivity index (χ1v) is 8.99. The standard InChI is InChI=1S/C15H15NO4S2/c1-15(17,10-16-22(18,19)14-7-4-8-21-14)13-9-11-5-2-3-6-12(11)20-13/h2-9,16-17H,10H2,1H3/t15-/m1/s1. The molecule has 0 saturated carbocycles. The monoisotopic (exact) mass is 337 g/mol. The lowest BCUT2D eigenvalue weighted by Crippen LogP contribution is -2.38. The zero-order valence-electron chi connectivity index (χ0n) is 11.8. The molecule has 0 saturated heterocycles. The van der Waals surface area contributed by atoms with Gasteiger partial charge in [-0.2, -0.15) is 0 Å². The van der Waals surface area contributed by atoms with Crippen molar-refractivity contribution < 1.29 is 17.9 Å². The van der Waals surface area contributed by atoms with Crippen LogP contribution in [0.1, 0.15) is 12.7 Å². The van der Waals surface area contributed by atoms with E-state index in [2.05, 4.69) is 4.72 Å². The summed E-state index contributed by atoms with van der Waals surface area (Å²) in [7, 11) is -3.62. The van der Waals surface area contributed by atoms with E-state index >= 15 is 0 Å². The van der Waals surface area contributed by atoms with Crippen molar-refractivity contribution in [3.8, 4) is 0 Å². The van der Waals surface area contributed by atoms with Gasteiger partial charge in [0.1, 0.15) is 21.2 Å². The van der Waals surface area contributed by atoms with Gasteiger partial charge in [-0.1, -0.05) is 24.3 Å². The molecule has 3 rings (SSSR count). The zero-order valence-corrected chi connectivity index (χ0v) is 13.4. The number of furan rings is 1. The van der Waals surface area contributed by atoms with Crippen LogP contribution in [0.2, 0.25) is 0 Å². The second kappa shape index (κ2) is 5.51. The molecule has 2 aromatic heterocycles. The maximum absolute atomic E-state index is 12.1. The van der Waals surface area contributed by atoms with Crippen molar-refractivity contribution in [2.75, 3.05) is 6.54 Å². The molecule has 2 N–H and O–H groups in total. The molecule has 0 spiro atoms. The number of sulfonamides is 1. The lowest BCUT2D eigenvalue weighted by molar-refractivity contribution is 0.0412. The molecule has 0 bridgehead atoms. The summed E-state index contributed by atoms with van der Waals surface area (Å²) in [5.41, 5.74) is -0.789. The number of fused-ring (bicyclic) bond motifs is 1. The van der Waals surface area contributed by atoms with E-state index in [0.29, 0.717) is 11.3 Å². The quantitative estimate of drug-likeness (QED) is 0.750. The minimum Gasteiger partial charge on any atom is -0.458 e. The highest BCUT2D eigenvalue weighted by molar-refractivity contribution is 7.91. The molecule has 0 aliphatic carbocycles. The first kappa shape index (κ1) is 15.2. The maximum Gasteiger partial charge on any atom is 0.250 e. The summed E-state index contributed by atoms with van der Waals surface area (Å²) in [5.74, 6) is 0.322. The van der Waals surface area contributed by atoms with Gasteiger partial charge in [0, 0.05) is 11.9 Å². The Bertz CT molecular complexity index is 846. The third-order valence-electron chi connectivity index (χ3n) is 3.32. The van der Waals surface area contributed by atoms with Crippen LogP contribution in [0.5, 0.6) is 0 Å². The average Bonchev–Trinajstić information content (AvgIpc) is 3.14. The van der Waals surface area contributed by atoms with Gasteiger partial charge in [-0.3, -0.25) is 0 Å². The van der Waals surface area contributed by atoms with Gasteiger partial charge in [0.15, 0.2) is 0 Å². The Morgan fingerprint density at radius 1 is 1.27 bits per heavy atom. The molecule has 0 aliphatic rings. The fraction of sp³-hybridized carbons (Fsp3) is 0.200. The molecular weight excluding hydrogens is 322 g/mol. The second-order valence-electron chi connectivity index (χ2n) is 5.18. The number of thiophene rings is 1. The number of nitrogens with one attached hydrogen (secondary N) is 1. The molecule has 0 unspecified atom stereocenters. The second-order valence-corrected chi connectivity index (χ2v) is 8.12. The molecule has 1 atom stereocenters. The normalized spacial score (nSPS) is 15.0. The van der Waals surface area contributed by atoms with Gasteiger partial charge < -0.3 is 9.52 Å². The van der Waals surface area contributed by atoms with Crippen molar-refractivity contribution in [2.45, 2.75) is 16.7 Å². The molecule has 1 aromatic carbocycles. The predicted octanol–water partition coefficient (Wildman–Crippen LogP) is 2.68. The summed E-state index contributed by atoms with van der Waals surface area (Å²) in [6.07, 6.45) is 0.